The summed E-state index contributed by atoms with van der Waals surface area (Å²) in [6.45, 7) is 5.39. The summed E-state index contributed by atoms with van der Waals surface area (Å²) in [5.74, 6) is -1.42. The Hall–Kier alpha value is -3.41. The van der Waals surface area contributed by atoms with E-state index in [1.807, 2.05) is 25.1 Å². The van der Waals surface area contributed by atoms with E-state index >= 15 is 0 Å². The number of benzene rings is 1. The van der Waals surface area contributed by atoms with Gasteiger partial charge in [-0.05, 0) is 43.9 Å². The van der Waals surface area contributed by atoms with E-state index in [0.29, 0.717) is 12.0 Å². The Labute approximate surface area is 184 Å². The van der Waals surface area contributed by atoms with Crippen molar-refractivity contribution in [2.45, 2.75) is 38.6 Å². The molecule has 0 saturated carbocycles. The van der Waals surface area contributed by atoms with Crippen molar-refractivity contribution < 1.29 is 19.5 Å². The average Bonchev–Trinajstić information content (AvgIpc) is 2.73. The van der Waals surface area contributed by atoms with Gasteiger partial charge in [-0.25, -0.2) is 4.79 Å². The first-order valence-electron chi connectivity index (χ1n) is 10.2. The minimum atomic E-state index is -1.09. The molecule has 166 valence electrons. The van der Waals surface area contributed by atoms with Crippen molar-refractivity contribution in [3.8, 4) is 0 Å². The second-order valence-corrected chi connectivity index (χ2v) is 7.41. The van der Waals surface area contributed by atoms with Crippen LogP contribution in [0.5, 0.6) is 0 Å². The largest absolute Gasteiger partial charge is 0.480 e. The van der Waals surface area contributed by atoms with Crippen molar-refractivity contribution in [1.29, 1.82) is 0 Å². The summed E-state index contributed by atoms with van der Waals surface area (Å²) < 4.78 is 0. The van der Waals surface area contributed by atoms with Gasteiger partial charge in [-0.15, -0.1) is 0 Å². The van der Waals surface area contributed by atoms with Crippen LogP contribution in [0.2, 0.25) is 0 Å². The van der Waals surface area contributed by atoms with Gasteiger partial charge in [-0.1, -0.05) is 60.7 Å². The van der Waals surface area contributed by atoms with Crippen molar-refractivity contribution in [1.82, 2.24) is 10.2 Å². The van der Waals surface area contributed by atoms with E-state index in [9.17, 15) is 19.5 Å². The number of carbonyl (C=O) groups excluding carboxylic acids is 2. The van der Waals surface area contributed by atoms with Gasteiger partial charge in [0.1, 0.15) is 6.04 Å². The summed E-state index contributed by atoms with van der Waals surface area (Å²) in [4.78, 5) is 37.3. The van der Waals surface area contributed by atoms with Crippen LogP contribution in [0.4, 0.5) is 0 Å². The Bertz CT molecular complexity index is 866. The molecule has 6 nitrogen and oxygen atoms in total. The molecule has 6 heteroatoms. The van der Waals surface area contributed by atoms with E-state index in [-0.39, 0.29) is 12.3 Å². The number of carboxylic acids is 1. The fraction of sp³-hybridized carbons (Fsp3) is 0.320. The molecule has 1 rings (SSSR count). The first-order chi connectivity index (χ1) is 14.7. The Kier molecular flexibility index (Phi) is 11.4. The number of amides is 2. The van der Waals surface area contributed by atoms with Gasteiger partial charge >= 0.3 is 5.97 Å². The lowest BCUT2D eigenvalue weighted by Gasteiger charge is -2.15. The maximum atomic E-state index is 12.6. The molecular weight excluding hydrogens is 392 g/mol. The summed E-state index contributed by atoms with van der Waals surface area (Å²) in [7, 11) is 3.47. The highest BCUT2D eigenvalue weighted by atomic mass is 16.4. The van der Waals surface area contributed by atoms with Gasteiger partial charge < -0.3 is 15.3 Å². The Morgan fingerprint density at radius 3 is 2.61 bits per heavy atom. The zero-order chi connectivity index (χ0) is 23.2. The number of nitrogens with zero attached hydrogens (tertiary/aromatic N) is 1. The lowest BCUT2D eigenvalue weighted by molar-refractivity contribution is -0.139. The van der Waals surface area contributed by atoms with E-state index in [1.165, 1.54) is 0 Å². The Balaban J connectivity index is 2.71. The predicted molar refractivity (Wildman–Crippen MR) is 125 cm³/mol. The van der Waals surface area contributed by atoms with Crippen LogP contribution in [0.1, 0.15) is 48.5 Å². The quantitative estimate of drug-likeness (QED) is 0.388. The molecule has 31 heavy (non-hydrogen) atoms. The average molecular weight is 425 g/mol. The van der Waals surface area contributed by atoms with Crippen LogP contribution in [0.3, 0.4) is 0 Å². The summed E-state index contributed by atoms with van der Waals surface area (Å²) in [6.07, 6.45) is 13.0. The molecule has 1 atom stereocenters. The van der Waals surface area contributed by atoms with Crippen LogP contribution in [-0.4, -0.2) is 47.9 Å². The second kappa shape index (κ2) is 13.7. The van der Waals surface area contributed by atoms with Crippen LogP contribution in [0.25, 0.3) is 6.08 Å². The topological polar surface area (TPSA) is 86.7 Å². The first kappa shape index (κ1) is 25.6. The molecule has 2 amide bonds. The van der Waals surface area contributed by atoms with Gasteiger partial charge in [-0.2, -0.15) is 0 Å². The Morgan fingerprint density at radius 1 is 1.23 bits per heavy atom. The maximum Gasteiger partial charge on any atom is 0.326 e. The highest BCUT2D eigenvalue weighted by molar-refractivity contribution is 5.97. The summed E-state index contributed by atoms with van der Waals surface area (Å²) in [6, 6.07) is 5.97. The monoisotopic (exact) mass is 424 g/mol. The van der Waals surface area contributed by atoms with Crippen LogP contribution < -0.4 is 5.32 Å². The molecule has 1 aromatic rings. The van der Waals surface area contributed by atoms with Crippen molar-refractivity contribution in [2.75, 3.05) is 14.1 Å². The third-order valence-corrected chi connectivity index (χ3v) is 4.48. The number of unbranched alkanes of at least 4 members (excludes halogenated alkanes) is 1. The van der Waals surface area contributed by atoms with Crippen LogP contribution in [-0.2, 0) is 9.59 Å². The number of hydrogen-bond acceptors (Lipinski definition) is 3. The van der Waals surface area contributed by atoms with Crippen molar-refractivity contribution >= 4 is 23.9 Å². The molecule has 0 bridgehead atoms. The number of hydrogen-bond donors (Lipinski definition) is 2. The molecule has 2 N–H and O–H groups in total. The molecule has 1 aromatic carbocycles. The second-order valence-electron chi connectivity index (χ2n) is 7.41. The highest BCUT2D eigenvalue weighted by Crippen LogP contribution is 2.11. The molecule has 0 aliphatic rings. The van der Waals surface area contributed by atoms with Crippen molar-refractivity contribution in [2.24, 2.45) is 0 Å². The smallest absolute Gasteiger partial charge is 0.326 e. The summed E-state index contributed by atoms with van der Waals surface area (Å²) in [5, 5.41) is 12.1. The lowest BCUT2D eigenvalue weighted by atomic mass is 10.1. The number of allylic oxidation sites excluding steroid dienone is 5. The van der Waals surface area contributed by atoms with Gasteiger partial charge in [0, 0.05) is 26.1 Å². The van der Waals surface area contributed by atoms with Gasteiger partial charge in [-0.3, -0.25) is 9.59 Å². The normalized spacial score (nSPS) is 12.7. The number of carboxylic acid groups (broad SMARTS) is 1. The SMILES string of the molecule is C=C/C=C\C=C(/C)CC(NC(=O)c1cccc(/C=C\CCCC(=O)N(C)C)c1)C(=O)O. The molecular formula is C25H32N2O4. The fourth-order valence-electron chi connectivity index (χ4n) is 2.73. The molecule has 1 unspecified atom stereocenters. The molecule has 0 aliphatic heterocycles. The van der Waals surface area contributed by atoms with E-state index < -0.39 is 17.9 Å². The molecule has 0 aliphatic carbocycles. The third-order valence-electron chi connectivity index (χ3n) is 4.48. The van der Waals surface area contributed by atoms with E-state index in [1.54, 1.807) is 61.5 Å². The number of rotatable bonds is 12. The number of nitrogens with one attached hydrogen (secondary N) is 1. The first-order valence-corrected chi connectivity index (χ1v) is 10.2. The maximum absolute atomic E-state index is 12.6. The minimum absolute atomic E-state index is 0.0989. The standard InChI is InChI=1S/C25H32N2O4/c1-5-6-8-12-19(2)17-22(25(30)31)26-24(29)21-15-11-14-20(18-21)13-9-7-10-16-23(28)27(3)4/h5-6,8-9,11-15,18,22H,1,7,10,16-17H2,2-4H3,(H,26,29)(H,30,31)/b8-6-,13-9-,19-12+. The third kappa shape index (κ3) is 10.3. The van der Waals surface area contributed by atoms with Gasteiger partial charge in [0.25, 0.3) is 5.91 Å². The molecule has 0 spiro atoms. The summed E-state index contributed by atoms with van der Waals surface area (Å²) in [5.41, 5.74) is 2.06. The van der Waals surface area contributed by atoms with E-state index in [0.717, 1.165) is 24.0 Å². The van der Waals surface area contributed by atoms with Crippen LogP contribution >= 0.6 is 0 Å². The van der Waals surface area contributed by atoms with Crippen molar-refractivity contribution in [3.05, 3.63) is 77.9 Å². The molecule has 0 radical (unpaired) electrons. The minimum Gasteiger partial charge on any atom is -0.480 e. The Morgan fingerprint density at radius 2 is 1.97 bits per heavy atom. The zero-order valence-electron chi connectivity index (χ0n) is 18.5. The van der Waals surface area contributed by atoms with E-state index in [4.69, 9.17) is 0 Å². The fourth-order valence-corrected chi connectivity index (χ4v) is 2.73. The summed E-state index contributed by atoms with van der Waals surface area (Å²) >= 11 is 0. The van der Waals surface area contributed by atoms with E-state index in [2.05, 4.69) is 11.9 Å². The molecule has 0 aromatic heterocycles. The molecule has 0 heterocycles. The molecule has 0 saturated heterocycles. The number of carbonyl (C=O) groups is 3. The van der Waals surface area contributed by atoms with Crippen LogP contribution in [0, 0.1) is 0 Å². The zero-order valence-corrected chi connectivity index (χ0v) is 18.5. The number of aliphatic carboxylic acids is 1. The lowest BCUT2D eigenvalue weighted by Crippen LogP contribution is -2.40. The van der Waals surface area contributed by atoms with Gasteiger partial charge in [0.15, 0.2) is 0 Å². The highest BCUT2D eigenvalue weighted by Gasteiger charge is 2.21. The van der Waals surface area contributed by atoms with Crippen molar-refractivity contribution in [3.63, 3.8) is 0 Å². The predicted octanol–water partition coefficient (Wildman–Crippen LogP) is 4.22. The van der Waals surface area contributed by atoms with Gasteiger partial charge in [0.2, 0.25) is 5.91 Å². The molecule has 0 fully saturated rings. The van der Waals surface area contributed by atoms with Crippen LogP contribution in [0.15, 0.2) is 66.8 Å². The van der Waals surface area contributed by atoms with Gasteiger partial charge in [0.05, 0.1) is 0 Å².